The van der Waals surface area contributed by atoms with E-state index in [1.54, 1.807) is 31.3 Å². The third-order valence-electron chi connectivity index (χ3n) is 3.27. The van der Waals surface area contributed by atoms with Gasteiger partial charge >= 0.3 is 0 Å². The summed E-state index contributed by atoms with van der Waals surface area (Å²) in [6.07, 6.45) is 0.521. The Morgan fingerprint density at radius 1 is 1.29 bits per heavy atom. The average Bonchev–Trinajstić information content (AvgIpc) is 2.46. The lowest BCUT2D eigenvalue weighted by atomic mass is 9.98. The fourth-order valence-corrected chi connectivity index (χ4v) is 2.30. The molecule has 0 radical (unpaired) electrons. The van der Waals surface area contributed by atoms with Crippen molar-refractivity contribution in [2.24, 2.45) is 0 Å². The highest BCUT2D eigenvalue weighted by atomic mass is 35.5. The SMILES string of the molecule is CNC(Cc1ccc([N+](=O)[O-])cc1)c1ccc(Cl)cc1F. The number of hydrogen-bond acceptors (Lipinski definition) is 3. The zero-order valence-electron chi connectivity index (χ0n) is 11.3. The standard InChI is InChI=1S/C15H14ClFN2O2/c1-18-15(13-7-4-11(16)9-14(13)17)8-10-2-5-12(6-3-10)19(20)21/h2-7,9,15,18H,8H2,1H3. The Balaban J connectivity index is 2.20. The molecule has 4 nitrogen and oxygen atoms in total. The van der Waals surface area contributed by atoms with Gasteiger partial charge in [0.15, 0.2) is 0 Å². The van der Waals surface area contributed by atoms with Crippen molar-refractivity contribution in [2.75, 3.05) is 7.05 Å². The highest BCUT2D eigenvalue weighted by molar-refractivity contribution is 6.30. The van der Waals surface area contributed by atoms with Gasteiger partial charge in [0.2, 0.25) is 0 Å². The number of hydrogen-bond donors (Lipinski definition) is 1. The van der Waals surface area contributed by atoms with E-state index in [4.69, 9.17) is 11.6 Å². The van der Waals surface area contributed by atoms with Crippen LogP contribution in [-0.2, 0) is 6.42 Å². The number of nitrogens with zero attached hydrogens (tertiary/aromatic N) is 1. The van der Waals surface area contributed by atoms with Gasteiger partial charge in [0.25, 0.3) is 5.69 Å². The fourth-order valence-electron chi connectivity index (χ4n) is 2.14. The Hall–Kier alpha value is -1.98. The van der Waals surface area contributed by atoms with Gasteiger partial charge in [0, 0.05) is 28.8 Å². The molecule has 2 aromatic carbocycles. The molecule has 0 saturated heterocycles. The minimum absolute atomic E-state index is 0.0393. The zero-order chi connectivity index (χ0) is 15.4. The second kappa shape index (κ2) is 6.65. The second-order valence-corrected chi connectivity index (χ2v) is 5.07. The van der Waals surface area contributed by atoms with Crippen LogP contribution in [0.5, 0.6) is 0 Å². The van der Waals surface area contributed by atoms with Crippen molar-refractivity contribution in [2.45, 2.75) is 12.5 Å². The number of likely N-dealkylation sites (N-methyl/N-ethyl adjacent to an activating group) is 1. The molecule has 1 atom stereocenters. The van der Waals surface area contributed by atoms with Crippen molar-refractivity contribution < 1.29 is 9.31 Å². The molecule has 21 heavy (non-hydrogen) atoms. The van der Waals surface area contributed by atoms with E-state index in [1.165, 1.54) is 18.2 Å². The summed E-state index contributed by atoms with van der Waals surface area (Å²) in [6, 6.07) is 10.6. The Kier molecular flexibility index (Phi) is 4.88. The Morgan fingerprint density at radius 3 is 2.48 bits per heavy atom. The summed E-state index contributed by atoms with van der Waals surface area (Å²) in [6.45, 7) is 0. The minimum atomic E-state index is -0.446. The fraction of sp³-hybridized carbons (Fsp3) is 0.200. The quantitative estimate of drug-likeness (QED) is 0.673. The molecule has 0 amide bonds. The predicted octanol–water partition coefficient (Wildman–Crippen LogP) is 3.89. The van der Waals surface area contributed by atoms with E-state index >= 15 is 0 Å². The molecule has 6 heteroatoms. The van der Waals surface area contributed by atoms with Crippen LogP contribution in [-0.4, -0.2) is 12.0 Å². The van der Waals surface area contributed by atoms with Gasteiger partial charge in [-0.1, -0.05) is 29.8 Å². The lowest BCUT2D eigenvalue weighted by molar-refractivity contribution is -0.384. The first kappa shape index (κ1) is 15.4. The van der Waals surface area contributed by atoms with E-state index in [9.17, 15) is 14.5 Å². The van der Waals surface area contributed by atoms with Crippen LogP contribution in [0.15, 0.2) is 42.5 Å². The van der Waals surface area contributed by atoms with Crippen LogP contribution in [0.3, 0.4) is 0 Å². The number of benzene rings is 2. The van der Waals surface area contributed by atoms with Crippen molar-refractivity contribution in [3.05, 3.63) is 74.5 Å². The van der Waals surface area contributed by atoms with Crippen LogP contribution < -0.4 is 5.32 Å². The Bertz CT molecular complexity index is 647. The molecular weight excluding hydrogens is 295 g/mol. The van der Waals surface area contributed by atoms with Crippen LogP contribution >= 0.6 is 11.6 Å². The largest absolute Gasteiger partial charge is 0.313 e. The molecule has 110 valence electrons. The van der Waals surface area contributed by atoms with Gasteiger partial charge in [-0.3, -0.25) is 10.1 Å². The smallest absolute Gasteiger partial charge is 0.269 e. The molecule has 1 N–H and O–H groups in total. The highest BCUT2D eigenvalue weighted by Crippen LogP contribution is 2.24. The molecule has 0 spiro atoms. The molecule has 0 heterocycles. The molecule has 2 aromatic rings. The summed E-state index contributed by atoms with van der Waals surface area (Å²) in [5.41, 5.74) is 1.44. The van der Waals surface area contributed by atoms with Gasteiger partial charge in [-0.05, 0) is 31.2 Å². The molecule has 0 fully saturated rings. The monoisotopic (exact) mass is 308 g/mol. The maximum Gasteiger partial charge on any atom is 0.269 e. The molecule has 0 bridgehead atoms. The normalized spacial score (nSPS) is 12.1. The van der Waals surface area contributed by atoms with Crippen molar-refractivity contribution in [1.29, 1.82) is 0 Å². The molecule has 0 aliphatic carbocycles. The van der Waals surface area contributed by atoms with E-state index in [1.807, 2.05) is 0 Å². The van der Waals surface area contributed by atoms with E-state index in [0.29, 0.717) is 17.0 Å². The first-order valence-corrected chi connectivity index (χ1v) is 6.74. The van der Waals surface area contributed by atoms with E-state index in [2.05, 4.69) is 5.32 Å². The molecule has 2 rings (SSSR count). The topological polar surface area (TPSA) is 55.2 Å². The predicted molar refractivity (Wildman–Crippen MR) is 80.0 cm³/mol. The van der Waals surface area contributed by atoms with Gasteiger partial charge in [0.05, 0.1) is 4.92 Å². The molecule has 1 unspecified atom stereocenters. The first-order chi connectivity index (χ1) is 10.0. The van der Waals surface area contributed by atoms with Gasteiger partial charge in [0.1, 0.15) is 5.82 Å². The van der Waals surface area contributed by atoms with Crippen LogP contribution in [0.1, 0.15) is 17.2 Å². The first-order valence-electron chi connectivity index (χ1n) is 6.37. The summed E-state index contributed by atoms with van der Waals surface area (Å²) in [5.74, 6) is -0.372. The molecule has 0 aliphatic rings. The third kappa shape index (κ3) is 3.77. The molecule has 0 aromatic heterocycles. The number of nitro benzene ring substituents is 1. The summed E-state index contributed by atoms with van der Waals surface area (Å²) in [5, 5.41) is 14.0. The van der Waals surface area contributed by atoms with Crippen LogP contribution in [0.25, 0.3) is 0 Å². The number of nitro groups is 1. The molecular formula is C15H14ClFN2O2. The second-order valence-electron chi connectivity index (χ2n) is 4.63. The van der Waals surface area contributed by atoms with Crippen molar-refractivity contribution in [3.8, 4) is 0 Å². The van der Waals surface area contributed by atoms with Gasteiger partial charge in [-0.15, -0.1) is 0 Å². The Labute approximate surface area is 126 Å². The van der Waals surface area contributed by atoms with Crippen molar-refractivity contribution in [3.63, 3.8) is 0 Å². The number of nitrogens with one attached hydrogen (secondary N) is 1. The number of halogens is 2. The summed E-state index contributed by atoms with van der Waals surface area (Å²) in [4.78, 5) is 10.2. The number of rotatable bonds is 5. The van der Waals surface area contributed by atoms with E-state index in [-0.39, 0.29) is 17.5 Å². The van der Waals surface area contributed by atoms with Crippen LogP contribution in [0, 0.1) is 15.9 Å². The lowest BCUT2D eigenvalue weighted by Crippen LogP contribution is -2.20. The Morgan fingerprint density at radius 2 is 1.95 bits per heavy atom. The number of non-ortho nitro benzene ring substituents is 1. The average molecular weight is 309 g/mol. The zero-order valence-corrected chi connectivity index (χ0v) is 12.1. The van der Waals surface area contributed by atoms with Crippen molar-refractivity contribution >= 4 is 17.3 Å². The van der Waals surface area contributed by atoms with Crippen LogP contribution in [0.4, 0.5) is 10.1 Å². The maximum atomic E-state index is 13.9. The lowest BCUT2D eigenvalue weighted by Gasteiger charge is -2.17. The minimum Gasteiger partial charge on any atom is -0.313 e. The maximum absolute atomic E-state index is 13.9. The van der Waals surface area contributed by atoms with Crippen molar-refractivity contribution in [1.82, 2.24) is 5.32 Å². The summed E-state index contributed by atoms with van der Waals surface area (Å²) >= 11 is 5.75. The molecule has 0 saturated carbocycles. The van der Waals surface area contributed by atoms with E-state index < -0.39 is 4.92 Å². The third-order valence-corrected chi connectivity index (χ3v) is 3.51. The van der Waals surface area contributed by atoms with Crippen LogP contribution in [0.2, 0.25) is 5.02 Å². The summed E-state index contributed by atoms with van der Waals surface area (Å²) in [7, 11) is 1.74. The van der Waals surface area contributed by atoms with Gasteiger partial charge < -0.3 is 5.32 Å². The molecule has 0 aliphatic heterocycles. The van der Waals surface area contributed by atoms with Gasteiger partial charge in [-0.25, -0.2) is 4.39 Å². The van der Waals surface area contributed by atoms with E-state index in [0.717, 1.165) is 5.56 Å². The van der Waals surface area contributed by atoms with Gasteiger partial charge in [-0.2, -0.15) is 0 Å². The highest BCUT2D eigenvalue weighted by Gasteiger charge is 2.15. The summed E-state index contributed by atoms with van der Waals surface area (Å²) < 4.78 is 13.9.